The summed E-state index contributed by atoms with van der Waals surface area (Å²) in [5, 5.41) is 6.76. The molecule has 0 bridgehead atoms. The molecule has 3 aliphatic rings. The fraction of sp³-hybridized carbons (Fsp3) is 0.667. The number of fused-ring (bicyclic) bond motifs is 1. The van der Waals surface area contributed by atoms with E-state index in [9.17, 15) is 4.79 Å². The highest BCUT2D eigenvalue weighted by molar-refractivity contribution is 5.85. The van der Waals surface area contributed by atoms with Crippen LogP contribution in [0.4, 0.5) is 0 Å². The van der Waals surface area contributed by atoms with Gasteiger partial charge in [0.25, 0.3) is 0 Å². The highest BCUT2D eigenvalue weighted by Crippen LogP contribution is 2.33. The Labute approximate surface area is 180 Å². The number of ether oxygens (including phenoxy) is 1. The molecule has 0 radical (unpaired) electrons. The highest BCUT2D eigenvalue weighted by atomic mass is 35.5. The van der Waals surface area contributed by atoms with Gasteiger partial charge in [-0.1, -0.05) is 37.1 Å². The second kappa shape index (κ2) is 11.4. The number of amides is 1. The van der Waals surface area contributed by atoms with Gasteiger partial charge in [-0.25, -0.2) is 0 Å². The van der Waals surface area contributed by atoms with E-state index in [1.807, 2.05) is 0 Å². The summed E-state index contributed by atoms with van der Waals surface area (Å²) in [6, 6.07) is 9.02. The zero-order valence-electron chi connectivity index (χ0n) is 16.4. The van der Waals surface area contributed by atoms with Gasteiger partial charge in [-0.2, -0.15) is 0 Å². The van der Waals surface area contributed by atoms with Gasteiger partial charge in [0.1, 0.15) is 0 Å². The molecule has 1 aromatic carbocycles. The predicted molar refractivity (Wildman–Crippen MR) is 116 cm³/mol. The average molecular weight is 430 g/mol. The number of halogens is 2. The van der Waals surface area contributed by atoms with E-state index in [1.165, 1.54) is 36.8 Å². The smallest absolute Gasteiger partial charge is 0.237 e. The van der Waals surface area contributed by atoms with Gasteiger partial charge in [0.15, 0.2) is 0 Å². The summed E-state index contributed by atoms with van der Waals surface area (Å²) in [5.41, 5.74) is 2.53. The fourth-order valence-electron chi connectivity index (χ4n) is 4.71. The molecule has 7 heteroatoms. The molecule has 0 aromatic heterocycles. The first-order chi connectivity index (χ1) is 12.8. The van der Waals surface area contributed by atoms with Gasteiger partial charge in [-0.3, -0.25) is 9.69 Å². The summed E-state index contributed by atoms with van der Waals surface area (Å²) in [4.78, 5) is 15.1. The van der Waals surface area contributed by atoms with E-state index in [4.69, 9.17) is 4.74 Å². The van der Waals surface area contributed by atoms with E-state index in [1.54, 1.807) is 0 Å². The van der Waals surface area contributed by atoms with Crippen molar-refractivity contribution in [3.05, 3.63) is 35.4 Å². The molecule has 3 unspecified atom stereocenters. The quantitative estimate of drug-likeness (QED) is 0.755. The van der Waals surface area contributed by atoms with E-state index in [2.05, 4.69) is 39.8 Å². The lowest BCUT2D eigenvalue weighted by atomic mass is 9.85. The Hall–Kier alpha value is -0.850. The molecule has 28 heavy (non-hydrogen) atoms. The molecule has 3 fully saturated rings. The van der Waals surface area contributed by atoms with Gasteiger partial charge < -0.3 is 15.4 Å². The Bertz CT molecular complexity index is 611. The van der Waals surface area contributed by atoms with Crippen LogP contribution in [-0.4, -0.2) is 49.2 Å². The summed E-state index contributed by atoms with van der Waals surface area (Å²) < 4.78 is 5.44. The minimum Gasteiger partial charge on any atom is -0.379 e. The number of hydrogen-bond donors (Lipinski definition) is 2. The summed E-state index contributed by atoms with van der Waals surface area (Å²) in [5.74, 6) is 0.869. The lowest BCUT2D eigenvalue weighted by Crippen LogP contribution is -2.43. The number of carbonyl (C=O) groups is 1. The van der Waals surface area contributed by atoms with Crippen LogP contribution >= 0.6 is 24.8 Å². The highest BCUT2D eigenvalue weighted by Gasteiger charge is 2.38. The molecule has 4 rings (SSSR count). The van der Waals surface area contributed by atoms with Gasteiger partial charge in [-0.15, -0.1) is 24.8 Å². The molecule has 2 saturated heterocycles. The molecule has 2 aliphatic heterocycles. The third-order valence-electron chi connectivity index (χ3n) is 6.25. The molecule has 2 heterocycles. The van der Waals surface area contributed by atoms with Crippen molar-refractivity contribution in [2.24, 2.45) is 5.92 Å². The largest absolute Gasteiger partial charge is 0.379 e. The molecule has 1 aliphatic carbocycles. The van der Waals surface area contributed by atoms with E-state index in [-0.39, 0.29) is 36.8 Å². The lowest BCUT2D eigenvalue weighted by Gasteiger charge is -2.27. The van der Waals surface area contributed by atoms with Crippen LogP contribution in [0.5, 0.6) is 0 Å². The van der Waals surface area contributed by atoms with Crippen LogP contribution in [0.15, 0.2) is 24.3 Å². The van der Waals surface area contributed by atoms with E-state index in [0.717, 1.165) is 39.3 Å². The number of rotatable bonds is 5. The van der Waals surface area contributed by atoms with Gasteiger partial charge in [-0.05, 0) is 36.3 Å². The van der Waals surface area contributed by atoms with Crippen molar-refractivity contribution in [1.82, 2.24) is 15.5 Å². The average Bonchev–Trinajstić information content (AvgIpc) is 3.12. The molecule has 0 spiro atoms. The van der Waals surface area contributed by atoms with Crippen molar-refractivity contribution in [2.45, 2.75) is 57.3 Å². The number of nitrogens with one attached hydrogen (secondary N) is 2. The Morgan fingerprint density at radius 3 is 2.57 bits per heavy atom. The maximum atomic E-state index is 12.7. The van der Waals surface area contributed by atoms with Gasteiger partial charge >= 0.3 is 0 Å². The van der Waals surface area contributed by atoms with Crippen molar-refractivity contribution >= 4 is 30.7 Å². The summed E-state index contributed by atoms with van der Waals surface area (Å²) in [6.07, 6.45) is 6.15. The maximum Gasteiger partial charge on any atom is 0.237 e. The number of benzene rings is 1. The third-order valence-corrected chi connectivity index (χ3v) is 6.25. The zero-order valence-corrected chi connectivity index (χ0v) is 18.0. The molecule has 1 aromatic rings. The van der Waals surface area contributed by atoms with Crippen LogP contribution < -0.4 is 10.6 Å². The monoisotopic (exact) mass is 429 g/mol. The standard InChI is InChI=1S/C21H31N3O2.2ClH/c25-21(20-13-16-5-3-4-8-19(16)23-20)22-14-17-6-1-2-7-18(17)15-24-9-11-26-12-10-24;;/h1-2,6-7,16,19-20,23H,3-5,8-15H2,(H,22,25);2*1H. The first-order valence-corrected chi connectivity index (χ1v) is 10.2. The van der Waals surface area contributed by atoms with Gasteiger partial charge in [0.2, 0.25) is 5.91 Å². The first-order valence-electron chi connectivity index (χ1n) is 10.2. The summed E-state index contributed by atoms with van der Waals surface area (Å²) in [7, 11) is 0. The van der Waals surface area contributed by atoms with Crippen molar-refractivity contribution in [2.75, 3.05) is 26.3 Å². The van der Waals surface area contributed by atoms with Gasteiger partial charge in [0.05, 0.1) is 19.3 Å². The molecule has 1 saturated carbocycles. The summed E-state index contributed by atoms with van der Waals surface area (Å²) >= 11 is 0. The van der Waals surface area contributed by atoms with Crippen molar-refractivity contribution in [1.29, 1.82) is 0 Å². The van der Waals surface area contributed by atoms with Crippen LogP contribution in [0.25, 0.3) is 0 Å². The lowest BCUT2D eigenvalue weighted by molar-refractivity contribution is -0.123. The number of nitrogens with zero attached hydrogens (tertiary/aromatic N) is 1. The normalized spacial score (nSPS) is 27.2. The predicted octanol–water partition coefficient (Wildman–Crippen LogP) is 2.90. The van der Waals surface area contributed by atoms with E-state index < -0.39 is 0 Å². The molecular weight excluding hydrogens is 397 g/mol. The van der Waals surface area contributed by atoms with E-state index >= 15 is 0 Å². The number of morpholine rings is 1. The molecular formula is C21H33Cl2N3O2. The molecule has 2 N–H and O–H groups in total. The number of hydrogen-bond acceptors (Lipinski definition) is 4. The molecule has 158 valence electrons. The maximum absolute atomic E-state index is 12.7. The van der Waals surface area contributed by atoms with Crippen LogP contribution in [0, 0.1) is 5.92 Å². The first kappa shape index (κ1) is 23.4. The van der Waals surface area contributed by atoms with Crippen LogP contribution in [-0.2, 0) is 22.6 Å². The Balaban J connectivity index is 0.00000140. The van der Waals surface area contributed by atoms with E-state index in [0.29, 0.717) is 18.5 Å². The second-order valence-electron chi connectivity index (χ2n) is 7.98. The number of carbonyl (C=O) groups excluding carboxylic acids is 1. The van der Waals surface area contributed by atoms with Crippen molar-refractivity contribution in [3.8, 4) is 0 Å². The van der Waals surface area contributed by atoms with Crippen LogP contribution in [0.1, 0.15) is 43.2 Å². The molecule has 5 nitrogen and oxygen atoms in total. The van der Waals surface area contributed by atoms with Crippen molar-refractivity contribution in [3.63, 3.8) is 0 Å². The van der Waals surface area contributed by atoms with Crippen molar-refractivity contribution < 1.29 is 9.53 Å². The Morgan fingerprint density at radius 1 is 1.11 bits per heavy atom. The van der Waals surface area contributed by atoms with Crippen LogP contribution in [0.2, 0.25) is 0 Å². The Kier molecular flexibility index (Phi) is 9.51. The fourth-order valence-corrected chi connectivity index (χ4v) is 4.71. The third kappa shape index (κ3) is 5.83. The van der Waals surface area contributed by atoms with Crippen LogP contribution in [0.3, 0.4) is 0 Å². The topological polar surface area (TPSA) is 53.6 Å². The minimum absolute atomic E-state index is 0. The molecule has 1 amide bonds. The molecule has 3 atom stereocenters. The summed E-state index contributed by atoms with van der Waals surface area (Å²) in [6.45, 7) is 5.14. The SMILES string of the molecule is Cl.Cl.O=C(NCc1ccccc1CN1CCOCC1)C1CC2CCCCC2N1. The minimum atomic E-state index is -0.00509. The second-order valence-corrected chi connectivity index (χ2v) is 7.98. The van der Waals surface area contributed by atoms with Gasteiger partial charge in [0, 0.05) is 32.2 Å². The Morgan fingerprint density at radius 2 is 1.82 bits per heavy atom. The zero-order chi connectivity index (χ0) is 17.8.